The van der Waals surface area contributed by atoms with Crippen molar-refractivity contribution in [2.45, 2.75) is 51.7 Å². The molecule has 11 aromatic rings. The van der Waals surface area contributed by atoms with Crippen molar-refractivity contribution >= 4 is 61.8 Å². The Bertz CT molecular complexity index is 4760. The molecule has 0 unspecified atom stereocenters. The first kappa shape index (κ1) is 86.1. The number of rotatable bonds is 27. The van der Waals surface area contributed by atoms with Crippen LogP contribution in [-0.2, 0) is 32.2 Å². The molecular weight excluding hydrogens is 1490 g/mol. The fourth-order valence-electron chi connectivity index (χ4n) is 9.61. The van der Waals surface area contributed by atoms with Gasteiger partial charge in [0.15, 0.2) is 5.65 Å². The first-order valence-electron chi connectivity index (χ1n) is 32.3. The molecule has 34 nitrogen and oxygen atoms in total. The molecule has 0 spiro atoms. The number of aliphatic hydroxyl groups excluding tert-OH is 6. The highest BCUT2D eigenvalue weighted by molar-refractivity contribution is 9.10. The van der Waals surface area contributed by atoms with Gasteiger partial charge in [0.2, 0.25) is 0 Å². The Kier molecular flexibility index (Phi) is 33.6. The average molecular weight is 1570 g/mol. The van der Waals surface area contributed by atoms with Crippen LogP contribution in [-0.4, -0.2) is 194 Å². The Balaban J connectivity index is 0.000000241. The Morgan fingerprint density at radius 1 is 0.532 bits per heavy atom. The van der Waals surface area contributed by atoms with Gasteiger partial charge in [-0.25, -0.2) is 53.1 Å². The van der Waals surface area contributed by atoms with Gasteiger partial charge in [-0.15, -0.1) is 0 Å². The zero-order valence-corrected chi connectivity index (χ0v) is 61.7. The lowest BCUT2D eigenvalue weighted by molar-refractivity contribution is -0.252. The first-order chi connectivity index (χ1) is 51.9. The van der Waals surface area contributed by atoms with E-state index in [0.29, 0.717) is 68.1 Å². The highest BCUT2D eigenvalue weighted by Gasteiger charge is 2.25. The Morgan fingerprint density at radius 2 is 0.890 bits per heavy atom. The normalized spacial score (nSPS) is 10.8. The maximum atomic E-state index is 14.3. The molecule has 109 heavy (non-hydrogen) atoms. The monoisotopic (exact) mass is 1570 g/mol. The number of benzene rings is 5. The Morgan fingerprint density at radius 3 is 1.23 bits per heavy atom. The molecule has 6 aromatic heterocycles. The SMILES string of the molecule is CN(C)CC(=O)O.COC(OC)OC.Cc1ncc(COc2cc(F)cc(Oc3ccc(-c4nn(C(CO)CO)c5ncnc(N)c45)cc3)c2)cn1.N.[C-]#[N+]c1c(-c2ccc(Br)cc2)nn(C(CO)CO)c1N.[C-]#[N+]c1c(-c2ccc(Oc3cc(F)cc(OCc4cnc(C)nc4)c3)cc2)nn(C(CO)CO)c1N. The predicted molar refractivity (Wildman–Crippen MR) is 400 cm³/mol. The number of aliphatic hydroxyl groups is 6. The molecule has 576 valence electrons. The van der Waals surface area contributed by atoms with E-state index in [0.717, 1.165) is 21.2 Å². The summed E-state index contributed by atoms with van der Waals surface area (Å²) in [4.78, 5) is 43.0. The van der Waals surface area contributed by atoms with Crippen LogP contribution in [0.3, 0.4) is 0 Å². The molecule has 0 saturated heterocycles. The van der Waals surface area contributed by atoms with Crippen molar-refractivity contribution < 1.29 is 82.5 Å². The summed E-state index contributed by atoms with van der Waals surface area (Å²) in [6.07, 6.45) is 7.89. The number of nitrogens with zero attached hydrogens (tertiary/aromatic N) is 15. The number of nitrogens with two attached hydrogens (primary N) is 3. The van der Waals surface area contributed by atoms with Crippen LogP contribution >= 0.6 is 15.9 Å². The molecule has 0 bridgehead atoms. The summed E-state index contributed by atoms with van der Waals surface area (Å²) in [5.41, 5.74) is 23.5. The van der Waals surface area contributed by atoms with Crippen LogP contribution in [0.5, 0.6) is 34.5 Å². The van der Waals surface area contributed by atoms with Crippen molar-refractivity contribution in [3.05, 3.63) is 202 Å². The standard InChI is InChI=1S/C26H24FN7O4.C25H23FN6O4.C13H13BrN4O2.C4H9NO2.C4H10O3.H3N/c1-15-29-9-16(10-30-15)13-37-21-6-18(27)7-22(8-21)38-20-4-2-17(3-5-20)24-23-25(28)31-14-32-26(23)34(33-24)19(11-35)12-36;1-15-29-10-16(11-30-15)14-35-21-7-18(26)8-22(9-21)36-20-5-3-17(4-6-20)23-24(28-2)25(27)32(31-23)19(12-33)13-34;1-16-12-11(8-2-4-9(14)5-3-8)17-18(13(12)15)10(6-19)7-20;1-5(2)3-4(6)7;1-5-4(6-2)7-3;/h2-10,14,19,35-36H,11-13H2,1H3,(H2,28,31,32);3-11,19,33-34H,12-14,27H2,1H3;2-5,10,19-20H,6-7,15H2;3H2,1-2H3,(H,6,7);4H,1-3H3;1H3. The number of carboxylic acid groups (broad SMARTS) is 1. The lowest BCUT2D eigenvalue weighted by atomic mass is 10.1. The number of nitrogen functional groups attached to an aromatic ring is 3. The Hall–Kier alpha value is -11.8. The smallest absolute Gasteiger partial charge is 0.317 e. The highest BCUT2D eigenvalue weighted by Crippen LogP contribution is 2.40. The minimum absolute atomic E-state index is 0. The van der Waals surface area contributed by atoms with E-state index >= 15 is 0 Å². The number of likely N-dealkylation sites (N-methyl/N-ethyl adjacent to an activating group) is 1. The minimum atomic E-state index is -0.787. The van der Waals surface area contributed by atoms with Crippen molar-refractivity contribution in [1.82, 2.24) is 70.3 Å². The minimum Gasteiger partial charge on any atom is -0.489 e. The van der Waals surface area contributed by atoms with Gasteiger partial charge in [-0.2, -0.15) is 15.3 Å². The topological polar surface area (TPSA) is 479 Å². The van der Waals surface area contributed by atoms with Gasteiger partial charge in [0, 0.05) is 104 Å². The summed E-state index contributed by atoms with van der Waals surface area (Å²) in [6.45, 7) is 16.2. The number of carboxylic acids is 1. The maximum Gasteiger partial charge on any atom is 0.317 e. The molecule has 11 rings (SSSR count). The summed E-state index contributed by atoms with van der Waals surface area (Å²) in [5.74, 6) is 1.84. The number of hydrogen-bond acceptors (Lipinski definition) is 28. The molecule has 0 aliphatic heterocycles. The third-order valence-electron chi connectivity index (χ3n) is 14.9. The molecule has 0 aliphatic rings. The zero-order valence-electron chi connectivity index (χ0n) is 60.1. The van der Waals surface area contributed by atoms with E-state index in [9.17, 15) is 44.2 Å². The zero-order chi connectivity index (χ0) is 78.6. The second-order valence-corrected chi connectivity index (χ2v) is 24.0. The lowest BCUT2D eigenvalue weighted by Gasteiger charge is -2.13. The molecule has 6 heterocycles. The third kappa shape index (κ3) is 24.1. The van der Waals surface area contributed by atoms with Crippen LogP contribution in [0.2, 0.25) is 0 Å². The number of carbonyl (C=O) groups is 1. The third-order valence-corrected chi connectivity index (χ3v) is 15.5. The molecule has 16 N–H and O–H groups in total. The molecule has 0 amide bonds. The Labute approximate surface area is 632 Å². The molecule has 0 radical (unpaired) electrons. The van der Waals surface area contributed by atoms with Crippen LogP contribution in [0.4, 0.5) is 37.6 Å². The summed E-state index contributed by atoms with van der Waals surface area (Å²) < 4.78 is 70.1. The summed E-state index contributed by atoms with van der Waals surface area (Å²) >= 11 is 3.34. The van der Waals surface area contributed by atoms with Gasteiger partial charge in [-0.3, -0.25) is 19.1 Å². The summed E-state index contributed by atoms with van der Waals surface area (Å²) in [6, 6.07) is 26.9. The van der Waals surface area contributed by atoms with E-state index < -0.39 is 42.2 Å². The quantitative estimate of drug-likeness (QED) is 0.0169. The second-order valence-electron chi connectivity index (χ2n) is 23.1. The summed E-state index contributed by atoms with van der Waals surface area (Å²) in [7, 11) is 7.97. The molecular formula is C72H82BrF2N19O15. The fraction of sp³-hybridized carbons (Fsp3) is 0.278. The largest absolute Gasteiger partial charge is 0.489 e. The van der Waals surface area contributed by atoms with Gasteiger partial charge in [0.05, 0.1) is 76.8 Å². The average Bonchev–Trinajstić information content (AvgIpc) is 1.63. The van der Waals surface area contributed by atoms with Crippen LogP contribution in [0.25, 0.3) is 54.5 Å². The van der Waals surface area contributed by atoms with Crippen molar-refractivity contribution in [3.63, 3.8) is 0 Å². The van der Waals surface area contributed by atoms with Crippen LogP contribution in [0.1, 0.15) is 40.9 Å². The molecule has 0 aliphatic carbocycles. The number of ether oxygens (including phenoxy) is 7. The molecule has 5 aromatic carbocycles. The number of fused-ring (bicyclic) bond motifs is 1. The number of anilines is 3. The number of methoxy groups -OCH3 is 3. The van der Waals surface area contributed by atoms with Gasteiger partial charge >= 0.3 is 5.97 Å². The van der Waals surface area contributed by atoms with E-state index in [-0.39, 0.29) is 112 Å². The van der Waals surface area contributed by atoms with E-state index in [1.807, 2.05) is 24.3 Å². The predicted octanol–water partition coefficient (Wildman–Crippen LogP) is 9.00. The van der Waals surface area contributed by atoms with Gasteiger partial charge in [0.1, 0.15) is 118 Å². The molecule has 0 fully saturated rings. The number of aryl methyl sites for hydroxylation is 2. The van der Waals surface area contributed by atoms with E-state index in [1.54, 1.807) is 118 Å². The second kappa shape index (κ2) is 42.5. The number of hydrogen-bond donors (Lipinski definition) is 11. The van der Waals surface area contributed by atoms with Crippen molar-refractivity contribution in [2.24, 2.45) is 0 Å². The molecule has 37 heteroatoms. The van der Waals surface area contributed by atoms with Crippen molar-refractivity contribution in [2.75, 3.05) is 98.8 Å². The first-order valence-corrected chi connectivity index (χ1v) is 33.1. The van der Waals surface area contributed by atoms with Crippen molar-refractivity contribution in [1.29, 1.82) is 0 Å². The van der Waals surface area contributed by atoms with Gasteiger partial charge in [-0.05, 0) is 87.6 Å². The molecule has 0 saturated carbocycles. The van der Waals surface area contributed by atoms with Gasteiger partial charge < -0.3 is 92.3 Å². The van der Waals surface area contributed by atoms with E-state index in [2.05, 4.69) is 85.0 Å². The van der Waals surface area contributed by atoms with Gasteiger partial charge in [0.25, 0.3) is 17.9 Å². The number of aromatic nitrogens is 12. The number of aliphatic carboxylic acids is 1. The van der Waals surface area contributed by atoms with Crippen LogP contribution < -0.4 is 42.3 Å². The number of halogens is 3. The van der Waals surface area contributed by atoms with Gasteiger partial charge in [-0.1, -0.05) is 40.2 Å². The van der Waals surface area contributed by atoms with Crippen LogP contribution in [0.15, 0.2) is 145 Å². The highest BCUT2D eigenvalue weighted by atomic mass is 79.9. The lowest BCUT2D eigenvalue weighted by Crippen LogP contribution is -2.20. The summed E-state index contributed by atoms with van der Waals surface area (Å²) in [5, 5.41) is 78.3. The van der Waals surface area contributed by atoms with Crippen LogP contribution in [0, 0.1) is 38.6 Å². The fourth-order valence-corrected chi connectivity index (χ4v) is 9.88. The van der Waals surface area contributed by atoms with Crippen molar-refractivity contribution in [3.8, 4) is 68.3 Å². The molecule has 0 atom stereocenters. The van der Waals surface area contributed by atoms with E-state index in [4.69, 9.17) is 54.4 Å². The maximum absolute atomic E-state index is 14.3. The van der Waals surface area contributed by atoms with E-state index in [1.165, 1.54) is 66.0 Å².